The van der Waals surface area contributed by atoms with Gasteiger partial charge < -0.3 is 14.2 Å². The second-order valence-electron chi connectivity index (χ2n) is 8.90. The molecule has 0 N–H and O–H groups in total. The average molecular weight is 482 g/mol. The van der Waals surface area contributed by atoms with Crippen LogP contribution in [0.3, 0.4) is 0 Å². The molecule has 1 fully saturated rings. The molecular weight excluding hydrogens is 454 g/mol. The molecule has 4 aromatic rings. The van der Waals surface area contributed by atoms with Crippen LogP contribution in [0.5, 0.6) is 0 Å². The highest BCUT2D eigenvalue weighted by Gasteiger charge is 2.29. The Morgan fingerprint density at radius 1 is 1.09 bits per heavy atom. The lowest BCUT2D eigenvalue weighted by Gasteiger charge is -2.30. The Labute approximate surface area is 198 Å². The molecule has 178 valence electrons. The summed E-state index contributed by atoms with van der Waals surface area (Å²) in [5.41, 5.74) is 2.00. The normalized spacial score (nSPS) is 18.9. The zero-order valence-electron chi connectivity index (χ0n) is 19.4. The molecule has 0 radical (unpaired) electrons. The van der Waals surface area contributed by atoms with Crippen molar-refractivity contribution in [2.75, 3.05) is 14.1 Å². The van der Waals surface area contributed by atoms with Gasteiger partial charge in [0.1, 0.15) is 17.4 Å². The van der Waals surface area contributed by atoms with Crippen molar-refractivity contribution in [1.82, 2.24) is 23.4 Å². The number of rotatable bonds is 4. The molecule has 10 heteroatoms. The van der Waals surface area contributed by atoms with E-state index in [1.165, 1.54) is 8.87 Å². The van der Waals surface area contributed by atoms with Crippen LogP contribution in [-0.4, -0.2) is 58.1 Å². The quantitative estimate of drug-likeness (QED) is 0.435. The molecule has 1 aromatic carbocycles. The van der Waals surface area contributed by atoms with Crippen LogP contribution in [0.1, 0.15) is 37.5 Å². The number of aryl methyl sites for hydroxylation is 1. The van der Waals surface area contributed by atoms with Crippen molar-refractivity contribution in [2.24, 2.45) is 0 Å². The minimum atomic E-state index is -3.78. The highest BCUT2D eigenvalue weighted by molar-refractivity contribution is 7.90. The molecule has 34 heavy (non-hydrogen) atoms. The molecular formula is C24H27N5O4S. The minimum Gasteiger partial charge on any atom is -0.446 e. The largest absolute Gasteiger partial charge is 0.446 e. The van der Waals surface area contributed by atoms with Gasteiger partial charge in [-0.1, -0.05) is 18.2 Å². The van der Waals surface area contributed by atoms with E-state index < -0.39 is 10.0 Å². The number of pyridine rings is 1. The van der Waals surface area contributed by atoms with E-state index in [1.54, 1.807) is 62.9 Å². The Hall–Kier alpha value is -3.40. The summed E-state index contributed by atoms with van der Waals surface area (Å²) in [7, 11) is -0.418. The van der Waals surface area contributed by atoms with Gasteiger partial charge in [-0.05, 0) is 50.8 Å². The smallest absolute Gasteiger partial charge is 0.409 e. The summed E-state index contributed by atoms with van der Waals surface area (Å²) in [6, 6.07) is 10.3. The number of amides is 1. The summed E-state index contributed by atoms with van der Waals surface area (Å²) in [6.45, 7) is 1.96. The first-order chi connectivity index (χ1) is 16.3. The van der Waals surface area contributed by atoms with Crippen molar-refractivity contribution >= 4 is 38.2 Å². The first kappa shape index (κ1) is 22.4. The van der Waals surface area contributed by atoms with Crippen LogP contribution in [-0.2, 0) is 14.8 Å². The van der Waals surface area contributed by atoms with Gasteiger partial charge in [-0.25, -0.2) is 27.2 Å². The summed E-state index contributed by atoms with van der Waals surface area (Å²) in [4.78, 5) is 22.7. The van der Waals surface area contributed by atoms with Crippen molar-refractivity contribution in [3.8, 4) is 0 Å². The fraction of sp³-hybridized carbons (Fsp3) is 0.375. The van der Waals surface area contributed by atoms with E-state index in [-0.39, 0.29) is 23.1 Å². The molecule has 0 aliphatic heterocycles. The molecule has 0 spiro atoms. The van der Waals surface area contributed by atoms with Gasteiger partial charge in [-0.3, -0.25) is 0 Å². The zero-order valence-corrected chi connectivity index (χ0v) is 20.2. The first-order valence-corrected chi connectivity index (χ1v) is 12.7. The fourth-order valence-corrected chi connectivity index (χ4v) is 6.10. The van der Waals surface area contributed by atoms with Gasteiger partial charge in [-0.15, -0.1) is 0 Å². The number of ether oxygens (including phenoxy) is 1. The maximum Gasteiger partial charge on any atom is 0.409 e. The third-order valence-corrected chi connectivity index (χ3v) is 8.13. The standard InChI is InChI=1S/C24H27N5O4S/c1-16-26-21-15-25-23-20(13-14-28(23)34(31,32)19-7-5-4-6-8-19)22(21)29(16)17-9-11-18(12-10-17)33-24(30)27(2)3/h4-8,13-15,17-18H,9-12H2,1-3H3. The van der Waals surface area contributed by atoms with E-state index >= 15 is 0 Å². The van der Waals surface area contributed by atoms with Crippen LogP contribution in [0, 0.1) is 6.92 Å². The molecule has 3 aromatic heterocycles. The molecule has 0 atom stereocenters. The van der Waals surface area contributed by atoms with Crippen LogP contribution >= 0.6 is 0 Å². The van der Waals surface area contributed by atoms with Crippen LogP contribution in [0.15, 0.2) is 53.7 Å². The lowest BCUT2D eigenvalue weighted by Crippen LogP contribution is -2.31. The number of carbonyl (C=O) groups excluding carboxylic acids is 1. The first-order valence-electron chi connectivity index (χ1n) is 11.3. The van der Waals surface area contributed by atoms with Gasteiger partial charge in [0.25, 0.3) is 10.0 Å². The maximum absolute atomic E-state index is 13.3. The topological polar surface area (TPSA) is 99.3 Å². The molecule has 1 amide bonds. The van der Waals surface area contributed by atoms with E-state index in [1.807, 2.05) is 6.92 Å². The van der Waals surface area contributed by atoms with E-state index in [9.17, 15) is 13.2 Å². The van der Waals surface area contributed by atoms with Gasteiger partial charge >= 0.3 is 6.09 Å². The van der Waals surface area contributed by atoms with Crippen molar-refractivity contribution < 1.29 is 17.9 Å². The molecule has 0 unspecified atom stereocenters. The average Bonchev–Trinajstić information content (AvgIpc) is 3.41. The monoisotopic (exact) mass is 481 g/mol. The van der Waals surface area contributed by atoms with E-state index in [0.717, 1.165) is 47.9 Å². The number of carbonyl (C=O) groups is 1. The molecule has 1 aliphatic rings. The second kappa shape index (κ2) is 8.43. The molecule has 9 nitrogen and oxygen atoms in total. The number of fused-ring (bicyclic) bond motifs is 3. The van der Waals surface area contributed by atoms with Gasteiger partial charge in [0.05, 0.1) is 16.6 Å². The van der Waals surface area contributed by atoms with E-state index in [0.29, 0.717) is 5.65 Å². The number of hydrogen-bond acceptors (Lipinski definition) is 6. The number of nitrogens with zero attached hydrogens (tertiary/aromatic N) is 5. The summed E-state index contributed by atoms with van der Waals surface area (Å²) >= 11 is 0. The molecule has 1 aliphatic carbocycles. The van der Waals surface area contributed by atoms with Crippen LogP contribution < -0.4 is 0 Å². The Bertz CT molecular complexity index is 1470. The maximum atomic E-state index is 13.3. The Balaban J connectivity index is 1.52. The zero-order chi connectivity index (χ0) is 24.0. The predicted octanol–water partition coefficient (Wildman–Crippen LogP) is 4.11. The number of aromatic nitrogens is 4. The summed E-state index contributed by atoms with van der Waals surface area (Å²) in [5.74, 6) is 0.858. The highest BCUT2D eigenvalue weighted by atomic mass is 32.2. The third kappa shape index (κ3) is 3.71. The number of hydrogen-bond donors (Lipinski definition) is 0. The van der Waals surface area contributed by atoms with Crippen LogP contribution in [0.2, 0.25) is 0 Å². The predicted molar refractivity (Wildman–Crippen MR) is 128 cm³/mol. The van der Waals surface area contributed by atoms with Crippen LogP contribution in [0.25, 0.3) is 22.1 Å². The summed E-state index contributed by atoms with van der Waals surface area (Å²) in [5, 5.41) is 0.749. The summed E-state index contributed by atoms with van der Waals surface area (Å²) in [6.07, 6.45) is 5.99. The van der Waals surface area contributed by atoms with Gasteiger partial charge in [0.2, 0.25) is 0 Å². The Morgan fingerprint density at radius 2 is 1.79 bits per heavy atom. The number of benzene rings is 1. The molecule has 1 saturated carbocycles. The molecule has 0 saturated heterocycles. The van der Waals surface area contributed by atoms with Crippen molar-refractivity contribution in [3.63, 3.8) is 0 Å². The van der Waals surface area contributed by atoms with Gasteiger partial charge in [0.15, 0.2) is 5.65 Å². The van der Waals surface area contributed by atoms with E-state index in [4.69, 9.17) is 9.72 Å². The van der Waals surface area contributed by atoms with Crippen LogP contribution in [0.4, 0.5) is 4.79 Å². The Morgan fingerprint density at radius 3 is 2.47 bits per heavy atom. The van der Waals surface area contributed by atoms with Crippen molar-refractivity contribution in [3.05, 3.63) is 54.6 Å². The lowest BCUT2D eigenvalue weighted by molar-refractivity contribution is 0.0480. The SMILES string of the molecule is Cc1nc2cnc3c(ccn3S(=O)(=O)c3ccccc3)c2n1C1CCC(OC(=O)N(C)C)CC1. The molecule has 5 rings (SSSR count). The second-order valence-corrected chi connectivity index (χ2v) is 10.7. The highest BCUT2D eigenvalue weighted by Crippen LogP contribution is 2.36. The number of imidazole rings is 1. The Kier molecular flexibility index (Phi) is 5.55. The van der Waals surface area contributed by atoms with E-state index in [2.05, 4.69) is 9.55 Å². The minimum absolute atomic E-state index is 0.0972. The van der Waals surface area contributed by atoms with Crippen molar-refractivity contribution in [1.29, 1.82) is 0 Å². The molecule has 0 bridgehead atoms. The van der Waals surface area contributed by atoms with Gasteiger partial charge in [0, 0.05) is 31.7 Å². The molecule has 3 heterocycles. The fourth-order valence-electron chi connectivity index (χ4n) is 4.78. The van der Waals surface area contributed by atoms with Gasteiger partial charge in [-0.2, -0.15) is 0 Å². The van der Waals surface area contributed by atoms with Crippen molar-refractivity contribution in [2.45, 2.75) is 49.6 Å². The lowest BCUT2D eigenvalue weighted by atomic mass is 9.92. The third-order valence-electron chi connectivity index (χ3n) is 6.45. The summed E-state index contributed by atoms with van der Waals surface area (Å²) < 4.78 is 35.5.